The first kappa shape index (κ1) is 12.6. The first-order chi connectivity index (χ1) is 8.49. The molecule has 0 saturated heterocycles. The van der Waals surface area contributed by atoms with Crippen molar-refractivity contribution in [3.63, 3.8) is 0 Å². The molecule has 0 aliphatic rings. The van der Waals surface area contributed by atoms with E-state index in [1.807, 2.05) is 0 Å². The number of benzene rings is 1. The second-order valence-electron chi connectivity index (χ2n) is 3.38. The van der Waals surface area contributed by atoms with Crippen LogP contribution in [0.3, 0.4) is 0 Å². The second-order valence-corrected chi connectivity index (χ2v) is 5.47. The normalized spacial score (nSPS) is 11.2. The molecule has 0 aliphatic carbocycles. The van der Waals surface area contributed by atoms with Gasteiger partial charge in [-0.1, -0.05) is 11.6 Å². The third-order valence-electron chi connectivity index (χ3n) is 2.08. The molecule has 94 valence electrons. The van der Waals surface area contributed by atoms with Crippen molar-refractivity contribution in [2.45, 2.75) is 4.90 Å². The molecule has 0 aliphatic heterocycles. The molecule has 0 atom stereocenters. The first-order valence-corrected chi connectivity index (χ1v) is 6.69. The van der Waals surface area contributed by atoms with Gasteiger partial charge in [0.05, 0.1) is 21.8 Å². The van der Waals surface area contributed by atoms with Gasteiger partial charge < -0.3 is 5.73 Å². The lowest BCUT2D eigenvalue weighted by molar-refractivity contribution is 0.601. The van der Waals surface area contributed by atoms with E-state index in [9.17, 15) is 8.42 Å². The molecule has 3 N–H and O–H groups in total. The van der Waals surface area contributed by atoms with Gasteiger partial charge in [-0.05, 0) is 18.2 Å². The van der Waals surface area contributed by atoms with Crippen LogP contribution < -0.4 is 10.5 Å². The smallest absolute Gasteiger partial charge is 0.263 e. The van der Waals surface area contributed by atoms with Gasteiger partial charge >= 0.3 is 0 Å². The quantitative estimate of drug-likeness (QED) is 0.833. The molecular weight excluding hydrogens is 276 g/mol. The lowest BCUT2D eigenvalue weighted by Crippen LogP contribution is -2.14. The van der Waals surface area contributed by atoms with E-state index >= 15 is 0 Å². The standard InChI is InChI=1S/C10H9ClN4O2S/c11-8-2-1-7(5-9(8)12)18(16,17)15-10-6-13-3-4-14-10/h1-6H,12H2,(H,14,15). The molecule has 0 spiro atoms. The summed E-state index contributed by atoms with van der Waals surface area (Å²) >= 11 is 5.73. The van der Waals surface area contributed by atoms with Crippen molar-refractivity contribution in [2.75, 3.05) is 10.5 Å². The Morgan fingerprint density at radius 3 is 2.67 bits per heavy atom. The Kier molecular flexibility index (Phi) is 3.35. The summed E-state index contributed by atoms with van der Waals surface area (Å²) in [5.74, 6) is 0.131. The molecule has 1 aromatic carbocycles. The van der Waals surface area contributed by atoms with Gasteiger partial charge in [0.15, 0.2) is 5.82 Å². The van der Waals surface area contributed by atoms with Crippen molar-refractivity contribution < 1.29 is 8.42 Å². The summed E-state index contributed by atoms with van der Waals surface area (Å²) in [5, 5.41) is 0.299. The topological polar surface area (TPSA) is 98.0 Å². The highest BCUT2D eigenvalue weighted by molar-refractivity contribution is 7.92. The summed E-state index contributed by atoms with van der Waals surface area (Å²) < 4.78 is 26.3. The fourth-order valence-corrected chi connectivity index (χ4v) is 2.38. The van der Waals surface area contributed by atoms with Gasteiger partial charge in [0.2, 0.25) is 0 Å². The number of hydrogen-bond acceptors (Lipinski definition) is 5. The number of sulfonamides is 1. The number of nitrogens with one attached hydrogen (secondary N) is 1. The molecule has 0 unspecified atom stereocenters. The third-order valence-corrected chi connectivity index (χ3v) is 3.78. The van der Waals surface area contributed by atoms with Crippen LogP contribution in [0.25, 0.3) is 0 Å². The average Bonchev–Trinajstić information content (AvgIpc) is 2.33. The zero-order chi connectivity index (χ0) is 13.2. The van der Waals surface area contributed by atoms with Gasteiger partial charge in [-0.25, -0.2) is 13.4 Å². The fourth-order valence-electron chi connectivity index (χ4n) is 1.24. The number of anilines is 2. The Morgan fingerprint density at radius 1 is 1.28 bits per heavy atom. The molecular formula is C10H9ClN4O2S. The van der Waals surface area contributed by atoms with Crippen LogP contribution in [0.15, 0.2) is 41.7 Å². The predicted molar refractivity (Wildman–Crippen MR) is 68.7 cm³/mol. The number of nitrogens with two attached hydrogens (primary N) is 1. The van der Waals surface area contributed by atoms with Gasteiger partial charge in [-0.2, -0.15) is 0 Å². The van der Waals surface area contributed by atoms with E-state index in [-0.39, 0.29) is 16.4 Å². The Hall–Kier alpha value is -1.86. The highest BCUT2D eigenvalue weighted by Crippen LogP contribution is 2.23. The van der Waals surface area contributed by atoms with Gasteiger partial charge in [0.25, 0.3) is 10.0 Å². The summed E-state index contributed by atoms with van der Waals surface area (Å²) in [7, 11) is -3.74. The molecule has 6 nitrogen and oxygen atoms in total. The lowest BCUT2D eigenvalue weighted by Gasteiger charge is -2.07. The molecule has 2 aromatic rings. The highest BCUT2D eigenvalue weighted by Gasteiger charge is 2.15. The van der Waals surface area contributed by atoms with Crippen LogP contribution in [0.4, 0.5) is 11.5 Å². The van der Waals surface area contributed by atoms with Crippen molar-refractivity contribution >= 4 is 33.1 Å². The molecule has 0 radical (unpaired) electrons. The Balaban J connectivity index is 2.34. The molecule has 0 bridgehead atoms. The van der Waals surface area contributed by atoms with E-state index in [1.165, 1.54) is 36.8 Å². The number of rotatable bonds is 3. The molecule has 8 heteroatoms. The first-order valence-electron chi connectivity index (χ1n) is 4.83. The summed E-state index contributed by atoms with van der Waals surface area (Å²) in [5.41, 5.74) is 5.75. The summed E-state index contributed by atoms with van der Waals surface area (Å²) in [6.45, 7) is 0. The summed E-state index contributed by atoms with van der Waals surface area (Å²) in [4.78, 5) is 7.59. The van der Waals surface area contributed by atoms with Gasteiger partial charge in [-0.3, -0.25) is 9.71 Å². The second kappa shape index (κ2) is 4.79. The van der Waals surface area contributed by atoms with Crippen LogP contribution >= 0.6 is 11.6 Å². The van der Waals surface area contributed by atoms with Crippen molar-refractivity contribution in [3.05, 3.63) is 41.8 Å². The van der Waals surface area contributed by atoms with Gasteiger partial charge in [0, 0.05) is 12.4 Å². The minimum Gasteiger partial charge on any atom is -0.397 e. The molecule has 0 amide bonds. The molecule has 0 fully saturated rings. The van der Waals surface area contributed by atoms with Gasteiger partial charge in [-0.15, -0.1) is 0 Å². The van der Waals surface area contributed by atoms with Crippen LogP contribution in [-0.2, 0) is 10.0 Å². The molecule has 18 heavy (non-hydrogen) atoms. The van der Waals surface area contributed by atoms with Gasteiger partial charge in [0.1, 0.15) is 0 Å². The Bertz CT molecular complexity index is 661. The predicted octanol–water partition coefficient (Wildman–Crippen LogP) is 1.51. The lowest BCUT2D eigenvalue weighted by atomic mass is 10.3. The SMILES string of the molecule is Nc1cc(S(=O)(=O)Nc2cnccn2)ccc1Cl. The minimum absolute atomic E-state index is 0.00931. The largest absolute Gasteiger partial charge is 0.397 e. The van der Waals surface area contributed by atoms with Crippen molar-refractivity contribution in [1.82, 2.24) is 9.97 Å². The van der Waals surface area contributed by atoms with E-state index in [1.54, 1.807) is 0 Å². The number of nitrogen functional groups attached to an aromatic ring is 1. The van der Waals surface area contributed by atoms with E-state index in [0.717, 1.165) is 0 Å². The van der Waals surface area contributed by atoms with Crippen molar-refractivity contribution in [3.8, 4) is 0 Å². The Labute approximate surface area is 109 Å². The third kappa shape index (κ3) is 2.69. The zero-order valence-electron chi connectivity index (χ0n) is 9.04. The van der Waals surface area contributed by atoms with E-state index in [0.29, 0.717) is 5.02 Å². The van der Waals surface area contributed by atoms with E-state index in [2.05, 4.69) is 14.7 Å². The van der Waals surface area contributed by atoms with Crippen LogP contribution in [-0.4, -0.2) is 18.4 Å². The summed E-state index contributed by atoms with van der Waals surface area (Å²) in [6, 6.07) is 4.06. The van der Waals surface area contributed by atoms with Crippen molar-refractivity contribution in [1.29, 1.82) is 0 Å². The number of halogens is 1. The number of hydrogen-bond donors (Lipinski definition) is 2. The monoisotopic (exact) mass is 284 g/mol. The minimum atomic E-state index is -3.74. The van der Waals surface area contributed by atoms with Crippen LogP contribution in [0.2, 0.25) is 5.02 Å². The molecule has 2 rings (SSSR count). The maximum atomic E-state index is 12.0. The zero-order valence-corrected chi connectivity index (χ0v) is 10.6. The Morgan fingerprint density at radius 2 is 2.06 bits per heavy atom. The van der Waals surface area contributed by atoms with Crippen LogP contribution in [0.5, 0.6) is 0 Å². The van der Waals surface area contributed by atoms with Crippen molar-refractivity contribution in [2.24, 2.45) is 0 Å². The molecule has 0 saturated carbocycles. The highest BCUT2D eigenvalue weighted by atomic mass is 35.5. The van der Waals surface area contributed by atoms with E-state index in [4.69, 9.17) is 17.3 Å². The molecule has 1 heterocycles. The van der Waals surface area contributed by atoms with E-state index < -0.39 is 10.0 Å². The maximum absolute atomic E-state index is 12.0. The number of aromatic nitrogens is 2. The molecule has 1 aromatic heterocycles. The number of nitrogens with zero attached hydrogens (tertiary/aromatic N) is 2. The maximum Gasteiger partial charge on any atom is 0.263 e. The van der Waals surface area contributed by atoms with Crippen LogP contribution in [0, 0.1) is 0 Å². The van der Waals surface area contributed by atoms with Crippen LogP contribution in [0.1, 0.15) is 0 Å². The average molecular weight is 285 g/mol. The fraction of sp³-hybridized carbons (Fsp3) is 0. The summed E-state index contributed by atoms with van der Waals surface area (Å²) in [6.07, 6.45) is 4.13.